The molecule has 0 bridgehead atoms. The van der Waals surface area contributed by atoms with Crippen LogP contribution in [0.15, 0.2) is 42.1 Å². The summed E-state index contributed by atoms with van der Waals surface area (Å²) in [5, 5.41) is 13.1. The Kier molecular flexibility index (Phi) is 5.36. The van der Waals surface area contributed by atoms with Gasteiger partial charge >= 0.3 is 0 Å². The molecule has 0 radical (unpaired) electrons. The molecule has 0 aliphatic heterocycles. The lowest BCUT2D eigenvalue weighted by Crippen LogP contribution is -2.26. The summed E-state index contributed by atoms with van der Waals surface area (Å²) in [5.74, 6) is 0.284. The predicted octanol–water partition coefficient (Wildman–Crippen LogP) is 2.91. The smallest absolute Gasteiger partial charge is 0.187 e. The van der Waals surface area contributed by atoms with Crippen molar-refractivity contribution in [1.29, 1.82) is 0 Å². The highest BCUT2D eigenvalue weighted by molar-refractivity contribution is 6.04. The standard InChI is InChI=1S/C17H23NO2/c1-18-15(11-14-9-5-6-10-16(14)19)12-17(20)13-7-3-2-4-8-13/h2-4,7-8,12,14,16,18-19H,5-6,9-11H2,1H3/b15-12-. The molecule has 1 aliphatic rings. The highest BCUT2D eigenvalue weighted by Crippen LogP contribution is 2.28. The molecule has 3 heteroatoms. The third kappa shape index (κ3) is 3.94. The van der Waals surface area contributed by atoms with Crippen molar-refractivity contribution >= 4 is 5.78 Å². The molecular formula is C17H23NO2. The molecule has 2 unspecified atom stereocenters. The summed E-state index contributed by atoms with van der Waals surface area (Å²) in [6.45, 7) is 0. The van der Waals surface area contributed by atoms with Crippen LogP contribution in [0.1, 0.15) is 42.5 Å². The van der Waals surface area contributed by atoms with Crippen molar-refractivity contribution in [1.82, 2.24) is 5.32 Å². The van der Waals surface area contributed by atoms with Gasteiger partial charge in [-0.1, -0.05) is 43.2 Å². The number of ketones is 1. The number of rotatable bonds is 5. The molecule has 1 fully saturated rings. The highest BCUT2D eigenvalue weighted by atomic mass is 16.3. The van der Waals surface area contributed by atoms with Crippen molar-refractivity contribution in [2.45, 2.75) is 38.2 Å². The van der Waals surface area contributed by atoms with Gasteiger partial charge in [-0.15, -0.1) is 0 Å². The molecule has 2 atom stereocenters. The summed E-state index contributed by atoms with van der Waals surface area (Å²) in [6, 6.07) is 9.27. The first-order chi connectivity index (χ1) is 9.70. The molecule has 0 aromatic heterocycles. The molecule has 1 aromatic rings. The van der Waals surface area contributed by atoms with Gasteiger partial charge in [-0.3, -0.25) is 4.79 Å². The van der Waals surface area contributed by atoms with Crippen LogP contribution < -0.4 is 5.32 Å². The van der Waals surface area contributed by atoms with Gasteiger partial charge in [0.25, 0.3) is 0 Å². The van der Waals surface area contributed by atoms with E-state index in [1.165, 1.54) is 6.42 Å². The van der Waals surface area contributed by atoms with Crippen LogP contribution in [0.25, 0.3) is 0 Å². The lowest BCUT2D eigenvalue weighted by molar-refractivity contribution is 0.0691. The van der Waals surface area contributed by atoms with E-state index >= 15 is 0 Å². The van der Waals surface area contributed by atoms with Crippen LogP contribution in [-0.4, -0.2) is 24.0 Å². The minimum absolute atomic E-state index is 0.0141. The third-order valence-electron chi connectivity index (χ3n) is 4.04. The Bertz CT molecular complexity index is 467. The van der Waals surface area contributed by atoms with Gasteiger partial charge < -0.3 is 10.4 Å². The van der Waals surface area contributed by atoms with Gasteiger partial charge in [-0.25, -0.2) is 0 Å². The fraction of sp³-hybridized carbons (Fsp3) is 0.471. The van der Waals surface area contributed by atoms with E-state index < -0.39 is 0 Å². The molecule has 2 N–H and O–H groups in total. The second-order valence-electron chi connectivity index (χ2n) is 5.47. The van der Waals surface area contributed by atoms with Crippen LogP contribution in [0.3, 0.4) is 0 Å². The summed E-state index contributed by atoms with van der Waals surface area (Å²) in [4.78, 5) is 12.2. The van der Waals surface area contributed by atoms with Gasteiger partial charge in [-0.2, -0.15) is 0 Å². The number of aliphatic hydroxyl groups excluding tert-OH is 1. The van der Waals surface area contributed by atoms with Gasteiger partial charge in [-0.05, 0) is 25.2 Å². The van der Waals surface area contributed by atoms with Crippen LogP contribution in [0.2, 0.25) is 0 Å². The topological polar surface area (TPSA) is 49.3 Å². The Balaban J connectivity index is 2.03. The highest BCUT2D eigenvalue weighted by Gasteiger charge is 2.23. The van der Waals surface area contributed by atoms with Crippen molar-refractivity contribution in [3.63, 3.8) is 0 Å². The van der Waals surface area contributed by atoms with E-state index in [9.17, 15) is 9.90 Å². The van der Waals surface area contributed by atoms with Gasteiger partial charge in [0, 0.05) is 24.4 Å². The minimum Gasteiger partial charge on any atom is -0.393 e. The number of benzene rings is 1. The Hall–Kier alpha value is -1.61. The number of nitrogens with one attached hydrogen (secondary N) is 1. The van der Waals surface area contributed by atoms with E-state index in [0.29, 0.717) is 5.56 Å². The average molecular weight is 273 g/mol. The molecule has 0 spiro atoms. The first kappa shape index (κ1) is 14.8. The fourth-order valence-electron chi connectivity index (χ4n) is 2.79. The van der Waals surface area contributed by atoms with E-state index in [4.69, 9.17) is 0 Å². The molecule has 2 rings (SSSR count). The van der Waals surface area contributed by atoms with Gasteiger partial charge in [0.05, 0.1) is 6.10 Å². The number of aliphatic hydroxyl groups is 1. The monoisotopic (exact) mass is 273 g/mol. The molecule has 1 aliphatic carbocycles. The van der Waals surface area contributed by atoms with Gasteiger partial charge in [0.2, 0.25) is 0 Å². The number of hydrogen-bond donors (Lipinski definition) is 2. The van der Waals surface area contributed by atoms with E-state index in [-0.39, 0.29) is 17.8 Å². The van der Waals surface area contributed by atoms with Crippen LogP contribution in [0.5, 0.6) is 0 Å². The number of allylic oxidation sites excluding steroid dienone is 2. The maximum Gasteiger partial charge on any atom is 0.187 e. The van der Waals surface area contributed by atoms with Crippen molar-refractivity contribution in [3.05, 3.63) is 47.7 Å². The second kappa shape index (κ2) is 7.25. The summed E-state index contributed by atoms with van der Waals surface area (Å²) in [7, 11) is 1.83. The van der Waals surface area contributed by atoms with Crippen LogP contribution in [-0.2, 0) is 0 Å². The number of carbonyl (C=O) groups is 1. The average Bonchev–Trinajstić information content (AvgIpc) is 2.49. The number of hydrogen-bond acceptors (Lipinski definition) is 3. The maximum atomic E-state index is 12.2. The predicted molar refractivity (Wildman–Crippen MR) is 80.5 cm³/mol. The van der Waals surface area contributed by atoms with Crippen molar-refractivity contribution < 1.29 is 9.90 Å². The summed E-state index contributed by atoms with van der Waals surface area (Å²) in [6.07, 6.45) is 6.39. The largest absolute Gasteiger partial charge is 0.393 e. The first-order valence-electron chi connectivity index (χ1n) is 7.36. The Morgan fingerprint density at radius 2 is 2.00 bits per heavy atom. The zero-order valence-electron chi connectivity index (χ0n) is 12.0. The van der Waals surface area contributed by atoms with Crippen molar-refractivity contribution in [2.24, 2.45) is 5.92 Å². The molecule has 20 heavy (non-hydrogen) atoms. The van der Waals surface area contributed by atoms with Crippen LogP contribution in [0, 0.1) is 5.92 Å². The molecule has 0 heterocycles. The van der Waals surface area contributed by atoms with Gasteiger partial charge in [0.15, 0.2) is 5.78 Å². The quantitative estimate of drug-likeness (QED) is 0.640. The van der Waals surface area contributed by atoms with Crippen molar-refractivity contribution in [2.75, 3.05) is 7.05 Å². The first-order valence-corrected chi connectivity index (χ1v) is 7.36. The zero-order chi connectivity index (χ0) is 14.4. The summed E-state index contributed by atoms with van der Waals surface area (Å²) >= 11 is 0. The molecule has 108 valence electrons. The van der Waals surface area contributed by atoms with Gasteiger partial charge in [0.1, 0.15) is 0 Å². The third-order valence-corrected chi connectivity index (χ3v) is 4.04. The molecule has 1 aromatic carbocycles. The lowest BCUT2D eigenvalue weighted by Gasteiger charge is -2.28. The molecule has 0 amide bonds. The minimum atomic E-state index is -0.229. The van der Waals surface area contributed by atoms with Crippen molar-refractivity contribution in [3.8, 4) is 0 Å². The zero-order valence-corrected chi connectivity index (χ0v) is 12.0. The normalized spacial score (nSPS) is 23.4. The fourth-order valence-corrected chi connectivity index (χ4v) is 2.79. The Morgan fingerprint density at radius 1 is 1.30 bits per heavy atom. The maximum absolute atomic E-state index is 12.2. The molecule has 1 saturated carbocycles. The summed E-state index contributed by atoms with van der Waals surface area (Å²) < 4.78 is 0. The lowest BCUT2D eigenvalue weighted by atomic mass is 9.83. The van der Waals surface area contributed by atoms with Crippen LogP contribution >= 0.6 is 0 Å². The SMILES string of the molecule is CN/C(=C\C(=O)c1ccccc1)CC1CCCCC1O. The van der Waals surface area contributed by atoms with E-state index in [1.54, 1.807) is 6.08 Å². The van der Waals surface area contributed by atoms with E-state index in [1.807, 2.05) is 37.4 Å². The van der Waals surface area contributed by atoms with E-state index in [2.05, 4.69) is 5.32 Å². The molecular weight excluding hydrogens is 250 g/mol. The Labute approximate surface area is 120 Å². The van der Waals surface area contributed by atoms with E-state index in [0.717, 1.165) is 31.4 Å². The Morgan fingerprint density at radius 3 is 2.65 bits per heavy atom. The summed E-state index contributed by atoms with van der Waals surface area (Å²) in [5.41, 5.74) is 1.61. The molecule has 0 saturated heterocycles. The van der Waals surface area contributed by atoms with Crippen LogP contribution in [0.4, 0.5) is 0 Å². The number of carbonyl (C=O) groups excluding carboxylic acids is 1. The second-order valence-corrected chi connectivity index (χ2v) is 5.47. The molecule has 3 nitrogen and oxygen atoms in total.